The maximum atomic E-state index is 12.3. The molecule has 1 atom stereocenters. The second kappa shape index (κ2) is 6.41. The molecule has 2 aromatic carbocycles. The second-order valence-electron chi connectivity index (χ2n) is 4.52. The summed E-state index contributed by atoms with van der Waals surface area (Å²) in [6.45, 7) is 1.99. The van der Waals surface area contributed by atoms with Crippen molar-refractivity contribution in [3.8, 4) is 5.75 Å². The van der Waals surface area contributed by atoms with Gasteiger partial charge in [-0.3, -0.25) is 0 Å². The molecule has 0 saturated carbocycles. The number of hydrogen-bond acceptors (Lipinski definition) is 3. The summed E-state index contributed by atoms with van der Waals surface area (Å²) in [6, 6.07) is 14.0. The van der Waals surface area contributed by atoms with Crippen molar-refractivity contribution >= 4 is 20.7 Å². The summed E-state index contributed by atoms with van der Waals surface area (Å²) in [4.78, 5) is 1.08. The van der Waals surface area contributed by atoms with Crippen LogP contribution in [0.4, 0.5) is 0 Å². The van der Waals surface area contributed by atoms with Gasteiger partial charge >= 0.3 is 0 Å². The molecule has 1 unspecified atom stereocenters. The van der Waals surface area contributed by atoms with Gasteiger partial charge in [-0.15, -0.1) is 3.77 Å². The second-order valence-corrected chi connectivity index (χ2v) is 7.96. The Hall–Kier alpha value is -1.66. The molecule has 21 heavy (non-hydrogen) atoms. The minimum atomic E-state index is -3.66. The SMILES string of the molecule is COc1ccc(S(=O)(=O)N=S(C)c2ccc(C)cc2)cc1. The monoisotopic (exact) mass is 323 g/mol. The molecule has 0 N–H and O–H groups in total. The third kappa shape index (κ3) is 3.92. The van der Waals surface area contributed by atoms with Crippen molar-refractivity contribution in [2.45, 2.75) is 16.7 Å². The summed E-state index contributed by atoms with van der Waals surface area (Å²) in [5.74, 6) is 0.614. The molecule has 0 fully saturated rings. The normalized spacial score (nSPS) is 13.1. The van der Waals surface area contributed by atoms with Crippen molar-refractivity contribution in [1.29, 1.82) is 0 Å². The van der Waals surface area contributed by atoms with Gasteiger partial charge in [0.15, 0.2) is 0 Å². The number of methoxy groups -OCH3 is 1. The molecule has 6 heteroatoms. The average Bonchev–Trinajstić information content (AvgIpc) is 2.47. The van der Waals surface area contributed by atoms with Gasteiger partial charge < -0.3 is 4.74 Å². The Bertz CT molecular complexity index is 749. The Balaban J connectivity index is 2.34. The first-order chi connectivity index (χ1) is 9.92. The zero-order valence-electron chi connectivity index (χ0n) is 12.1. The summed E-state index contributed by atoms with van der Waals surface area (Å²) >= 11 is 0. The highest BCUT2D eigenvalue weighted by Crippen LogP contribution is 2.19. The van der Waals surface area contributed by atoms with Crippen LogP contribution in [0.1, 0.15) is 5.56 Å². The highest BCUT2D eigenvalue weighted by atomic mass is 32.3. The molecule has 0 bridgehead atoms. The lowest BCUT2D eigenvalue weighted by atomic mass is 10.2. The molecule has 0 aliphatic heterocycles. The highest BCUT2D eigenvalue weighted by molar-refractivity contribution is 7.99. The Labute approximate surface area is 127 Å². The Morgan fingerprint density at radius 1 is 1.00 bits per heavy atom. The number of ether oxygens (including phenoxy) is 1. The Morgan fingerprint density at radius 3 is 2.10 bits per heavy atom. The molecule has 0 spiro atoms. The van der Waals surface area contributed by atoms with Crippen LogP contribution in [-0.4, -0.2) is 21.8 Å². The summed E-state index contributed by atoms with van der Waals surface area (Å²) in [6.07, 6.45) is 1.80. The molecule has 0 saturated heterocycles. The average molecular weight is 323 g/mol. The molecule has 0 amide bonds. The number of rotatable bonds is 4. The van der Waals surface area contributed by atoms with E-state index in [0.717, 1.165) is 10.5 Å². The van der Waals surface area contributed by atoms with E-state index in [1.807, 2.05) is 31.2 Å². The number of benzene rings is 2. The van der Waals surface area contributed by atoms with E-state index < -0.39 is 20.7 Å². The van der Waals surface area contributed by atoms with Crippen molar-refractivity contribution in [3.63, 3.8) is 0 Å². The van der Waals surface area contributed by atoms with E-state index in [1.54, 1.807) is 18.4 Å². The third-order valence-electron chi connectivity index (χ3n) is 2.93. The van der Waals surface area contributed by atoms with Gasteiger partial charge in [0, 0.05) is 4.90 Å². The van der Waals surface area contributed by atoms with Crippen LogP contribution in [0.5, 0.6) is 5.75 Å². The van der Waals surface area contributed by atoms with E-state index in [-0.39, 0.29) is 4.90 Å². The maximum Gasteiger partial charge on any atom is 0.288 e. The van der Waals surface area contributed by atoms with Gasteiger partial charge in [0.25, 0.3) is 10.0 Å². The van der Waals surface area contributed by atoms with Crippen molar-refractivity contribution in [2.75, 3.05) is 13.4 Å². The number of aryl methyl sites for hydroxylation is 1. The van der Waals surface area contributed by atoms with Crippen LogP contribution in [0.3, 0.4) is 0 Å². The summed E-state index contributed by atoms with van der Waals surface area (Å²) in [5.41, 5.74) is 1.13. The summed E-state index contributed by atoms with van der Waals surface area (Å²) in [5, 5.41) is 0. The number of sulfonamides is 1. The van der Waals surface area contributed by atoms with E-state index in [2.05, 4.69) is 3.77 Å². The standard InChI is InChI=1S/C15H17NO3S2/c1-12-4-8-14(9-5-12)20(3)16-21(17,18)15-10-6-13(19-2)7-11-15/h4-11H,1-3H3. The smallest absolute Gasteiger partial charge is 0.288 e. The molecule has 2 rings (SSSR count). The molecular weight excluding hydrogens is 306 g/mol. The first kappa shape index (κ1) is 15.7. The Morgan fingerprint density at radius 2 is 1.57 bits per heavy atom. The van der Waals surface area contributed by atoms with Crippen LogP contribution in [-0.2, 0) is 20.7 Å². The first-order valence-electron chi connectivity index (χ1n) is 6.27. The summed E-state index contributed by atoms with van der Waals surface area (Å²) in [7, 11) is -2.84. The quantitative estimate of drug-likeness (QED) is 0.868. The fourth-order valence-electron chi connectivity index (χ4n) is 1.72. The van der Waals surface area contributed by atoms with Gasteiger partial charge in [-0.25, -0.2) is 0 Å². The third-order valence-corrected chi connectivity index (χ3v) is 6.43. The maximum absolute atomic E-state index is 12.3. The van der Waals surface area contributed by atoms with Crippen molar-refractivity contribution in [2.24, 2.45) is 3.77 Å². The van der Waals surface area contributed by atoms with Crippen LogP contribution in [0.15, 0.2) is 62.1 Å². The van der Waals surface area contributed by atoms with Gasteiger partial charge in [-0.2, -0.15) is 8.42 Å². The topological polar surface area (TPSA) is 55.7 Å². The molecule has 0 heterocycles. The lowest BCUT2D eigenvalue weighted by molar-refractivity contribution is 0.414. The summed E-state index contributed by atoms with van der Waals surface area (Å²) < 4.78 is 33.6. The zero-order valence-corrected chi connectivity index (χ0v) is 13.7. The molecule has 0 aliphatic rings. The van der Waals surface area contributed by atoms with Crippen LogP contribution in [0.2, 0.25) is 0 Å². The van der Waals surface area contributed by atoms with E-state index in [1.165, 1.54) is 19.2 Å². The van der Waals surface area contributed by atoms with Crippen LogP contribution in [0.25, 0.3) is 0 Å². The number of hydrogen-bond donors (Lipinski definition) is 0. The van der Waals surface area contributed by atoms with Gasteiger partial charge in [-0.1, -0.05) is 28.4 Å². The van der Waals surface area contributed by atoms with Gasteiger partial charge in [-0.05, 0) is 49.6 Å². The number of nitrogens with zero attached hydrogens (tertiary/aromatic N) is 1. The predicted molar refractivity (Wildman–Crippen MR) is 85.3 cm³/mol. The fourth-order valence-corrected chi connectivity index (χ4v) is 4.59. The van der Waals surface area contributed by atoms with Gasteiger partial charge in [0.2, 0.25) is 0 Å². The molecule has 0 radical (unpaired) electrons. The van der Waals surface area contributed by atoms with Crippen molar-refractivity contribution in [1.82, 2.24) is 0 Å². The van der Waals surface area contributed by atoms with Crippen molar-refractivity contribution < 1.29 is 13.2 Å². The van der Waals surface area contributed by atoms with Crippen molar-refractivity contribution in [3.05, 3.63) is 54.1 Å². The minimum Gasteiger partial charge on any atom is -0.497 e. The predicted octanol–water partition coefficient (Wildman–Crippen LogP) is 3.18. The van der Waals surface area contributed by atoms with Crippen LogP contribution >= 0.6 is 0 Å². The van der Waals surface area contributed by atoms with Crippen LogP contribution in [0, 0.1) is 6.92 Å². The lowest BCUT2D eigenvalue weighted by Gasteiger charge is -2.05. The lowest BCUT2D eigenvalue weighted by Crippen LogP contribution is -2.00. The first-order valence-corrected chi connectivity index (χ1v) is 9.30. The Kier molecular flexibility index (Phi) is 4.80. The van der Waals surface area contributed by atoms with Gasteiger partial charge in [0.1, 0.15) is 5.75 Å². The van der Waals surface area contributed by atoms with E-state index in [4.69, 9.17) is 4.74 Å². The highest BCUT2D eigenvalue weighted by Gasteiger charge is 2.13. The van der Waals surface area contributed by atoms with E-state index in [0.29, 0.717) is 5.75 Å². The zero-order chi connectivity index (χ0) is 15.5. The van der Waals surface area contributed by atoms with E-state index in [9.17, 15) is 8.42 Å². The van der Waals surface area contributed by atoms with Crippen LogP contribution < -0.4 is 4.74 Å². The minimum absolute atomic E-state index is 0.176. The molecule has 0 aromatic heterocycles. The molecule has 2 aromatic rings. The van der Waals surface area contributed by atoms with Gasteiger partial charge in [0.05, 0.1) is 12.0 Å². The molecule has 112 valence electrons. The largest absolute Gasteiger partial charge is 0.497 e. The molecule has 0 aliphatic carbocycles. The molecular formula is C15H17NO3S2. The molecule has 4 nitrogen and oxygen atoms in total. The fraction of sp³-hybridized carbons (Fsp3) is 0.200. The van der Waals surface area contributed by atoms with E-state index >= 15 is 0 Å².